The molecule has 25 heavy (non-hydrogen) atoms. The van der Waals surface area contributed by atoms with Crippen LogP contribution in [-0.2, 0) is 12.8 Å². The predicted molar refractivity (Wildman–Crippen MR) is 98.5 cm³/mol. The van der Waals surface area contributed by atoms with Crippen molar-refractivity contribution >= 4 is 17.2 Å². The number of piperidine rings is 1. The smallest absolute Gasteiger partial charge is 0.339 e. The number of phenols is 1. The van der Waals surface area contributed by atoms with Gasteiger partial charge < -0.3 is 9.52 Å². The van der Waals surface area contributed by atoms with Gasteiger partial charge in [0, 0.05) is 24.0 Å². The number of nitrogens with zero attached hydrogens (tertiary/aromatic N) is 2. The minimum Gasteiger partial charge on any atom is -0.507 e. The average molecular weight is 340 g/mol. The molecule has 1 aliphatic carbocycles. The third-order valence-electron chi connectivity index (χ3n) is 5.40. The van der Waals surface area contributed by atoms with Crippen LogP contribution in [0.15, 0.2) is 20.4 Å². The maximum absolute atomic E-state index is 12.4. The molecule has 0 bridgehead atoms. The van der Waals surface area contributed by atoms with Gasteiger partial charge in [-0.25, -0.2) is 4.79 Å². The topological polar surface area (TPSA) is 66.0 Å². The second-order valence-corrected chi connectivity index (χ2v) is 7.15. The molecule has 2 aromatic rings. The van der Waals surface area contributed by atoms with Crippen LogP contribution in [0.2, 0.25) is 0 Å². The van der Waals surface area contributed by atoms with Gasteiger partial charge in [0.15, 0.2) is 5.58 Å². The highest BCUT2D eigenvalue weighted by Gasteiger charge is 2.21. The van der Waals surface area contributed by atoms with Crippen molar-refractivity contribution < 1.29 is 9.52 Å². The zero-order valence-electron chi connectivity index (χ0n) is 14.7. The molecule has 0 spiro atoms. The SMILES string of the molecule is Cc1cc2c3c(c(=O)oc2c(/C=N/N2CCCCC2)c1O)CCCC3. The second kappa shape index (κ2) is 6.54. The van der Waals surface area contributed by atoms with Crippen molar-refractivity contribution in [3.63, 3.8) is 0 Å². The summed E-state index contributed by atoms with van der Waals surface area (Å²) < 4.78 is 5.64. The lowest BCUT2D eigenvalue weighted by atomic mass is 9.89. The number of hydrogen-bond acceptors (Lipinski definition) is 5. The minimum atomic E-state index is -0.266. The molecule has 1 saturated heterocycles. The summed E-state index contributed by atoms with van der Waals surface area (Å²) >= 11 is 0. The van der Waals surface area contributed by atoms with Crippen molar-refractivity contribution in [1.82, 2.24) is 5.01 Å². The molecule has 2 aliphatic rings. The number of rotatable bonds is 2. The van der Waals surface area contributed by atoms with E-state index in [1.165, 1.54) is 6.42 Å². The lowest BCUT2D eigenvalue weighted by Crippen LogP contribution is -2.24. The molecule has 0 unspecified atom stereocenters. The molecule has 0 saturated carbocycles. The number of hydrogen-bond donors (Lipinski definition) is 1. The first-order valence-corrected chi connectivity index (χ1v) is 9.25. The van der Waals surface area contributed by atoms with Gasteiger partial charge in [0.2, 0.25) is 0 Å². The van der Waals surface area contributed by atoms with Crippen molar-refractivity contribution in [3.05, 3.63) is 38.7 Å². The highest BCUT2D eigenvalue weighted by Crippen LogP contribution is 2.34. The molecule has 5 nitrogen and oxygen atoms in total. The van der Waals surface area contributed by atoms with Crippen LogP contribution in [-0.4, -0.2) is 29.4 Å². The quantitative estimate of drug-likeness (QED) is 0.671. The number of fused-ring (bicyclic) bond motifs is 3. The number of benzene rings is 1. The first-order valence-electron chi connectivity index (χ1n) is 9.25. The van der Waals surface area contributed by atoms with E-state index in [1.807, 2.05) is 18.0 Å². The Kier molecular flexibility index (Phi) is 4.24. The van der Waals surface area contributed by atoms with Gasteiger partial charge in [-0.05, 0) is 69.1 Å². The van der Waals surface area contributed by atoms with Crippen LogP contribution in [0, 0.1) is 6.92 Å². The van der Waals surface area contributed by atoms with Crippen LogP contribution in [0.3, 0.4) is 0 Å². The van der Waals surface area contributed by atoms with E-state index in [4.69, 9.17) is 4.42 Å². The Labute approximate surface area is 147 Å². The van der Waals surface area contributed by atoms with E-state index in [0.717, 1.165) is 73.7 Å². The zero-order valence-corrected chi connectivity index (χ0v) is 14.7. The Morgan fingerprint density at radius 3 is 2.60 bits per heavy atom. The molecule has 1 N–H and O–H groups in total. The van der Waals surface area contributed by atoms with Crippen LogP contribution in [0.1, 0.15) is 54.4 Å². The highest BCUT2D eigenvalue weighted by molar-refractivity contribution is 6.01. The molecule has 1 aliphatic heterocycles. The van der Waals surface area contributed by atoms with E-state index < -0.39 is 0 Å². The molecule has 1 fully saturated rings. The summed E-state index contributed by atoms with van der Waals surface area (Å²) in [6, 6.07) is 1.94. The van der Waals surface area contributed by atoms with Crippen molar-refractivity contribution in [2.24, 2.45) is 5.10 Å². The third-order valence-corrected chi connectivity index (χ3v) is 5.40. The monoisotopic (exact) mass is 340 g/mol. The van der Waals surface area contributed by atoms with E-state index >= 15 is 0 Å². The summed E-state index contributed by atoms with van der Waals surface area (Å²) in [7, 11) is 0. The molecule has 132 valence electrons. The van der Waals surface area contributed by atoms with Crippen LogP contribution in [0.5, 0.6) is 5.75 Å². The summed E-state index contributed by atoms with van der Waals surface area (Å²) in [5.74, 6) is 0.146. The molecule has 1 aromatic carbocycles. The van der Waals surface area contributed by atoms with Gasteiger partial charge in [0.05, 0.1) is 11.8 Å². The molecule has 2 heterocycles. The molecule has 4 rings (SSSR count). The zero-order chi connectivity index (χ0) is 17.4. The minimum absolute atomic E-state index is 0.146. The van der Waals surface area contributed by atoms with Crippen LogP contribution < -0.4 is 5.63 Å². The number of hydrazone groups is 1. The molecular weight excluding hydrogens is 316 g/mol. The number of phenolic OH excluding ortho intramolecular Hbond substituents is 1. The molecule has 5 heteroatoms. The van der Waals surface area contributed by atoms with E-state index in [9.17, 15) is 9.90 Å². The average Bonchev–Trinajstić information content (AvgIpc) is 2.64. The van der Waals surface area contributed by atoms with Gasteiger partial charge >= 0.3 is 5.63 Å². The van der Waals surface area contributed by atoms with Crippen molar-refractivity contribution in [1.29, 1.82) is 0 Å². The van der Waals surface area contributed by atoms with Crippen LogP contribution in [0.25, 0.3) is 11.0 Å². The summed E-state index contributed by atoms with van der Waals surface area (Å²) in [6.45, 7) is 3.74. The first-order chi connectivity index (χ1) is 12.1. The molecule has 0 radical (unpaired) electrons. The van der Waals surface area contributed by atoms with Gasteiger partial charge in [-0.2, -0.15) is 5.10 Å². The predicted octanol–water partition coefficient (Wildman–Crippen LogP) is 3.51. The molecule has 1 aromatic heterocycles. The Morgan fingerprint density at radius 1 is 1.12 bits per heavy atom. The Balaban J connectivity index is 1.87. The molecule has 0 atom stereocenters. The fraction of sp³-hybridized carbons (Fsp3) is 0.500. The molecule has 0 amide bonds. The molecular formula is C20H24N2O3. The summed E-state index contributed by atoms with van der Waals surface area (Å²) in [5.41, 5.74) is 3.41. The lowest BCUT2D eigenvalue weighted by Gasteiger charge is -2.23. The van der Waals surface area contributed by atoms with Crippen molar-refractivity contribution in [2.45, 2.75) is 51.9 Å². The van der Waals surface area contributed by atoms with E-state index in [1.54, 1.807) is 6.21 Å². The maximum Gasteiger partial charge on any atom is 0.339 e. The van der Waals surface area contributed by atoms with Crippen LogP contribution in [0.4, 0.5) is 0 Å². The summed E-state index contributed by atoms with van der Waals surface area (Å²) in [4.78, 5) is 12.4. The summed E-state index contributed by atoms with van der Waals surface area (Å²) in [6.07, 6.45) is 8.97. The van der Waals surface area contributed by atoms with Crippen molar-refractivity contribution in [3.8, 4) is 5.75 Å². The van der Waals surface area contributed by atoms with Gasteiger partial charge in [-0.3, -0.25) is 5.01 Å². The number of aryl methyl sites for hydroxylation is 2. The number of aromatic hydroxyl groups is 1. The Bertz CT molecular complexity index is 892. The lowest BCUT2D eigenvalue weighted by molar-refractivity contribution is 0.240. The maximum atomic E-state index is 12.4. The van der Waals surface area contributed by atoms with E-state index in [-0.39, 0.29) is 11.4 Å². The first kappa shape index (κ1) is 16.2. The largest absolute Gasteiger partial charge is 0.507 e. The second-order valence-electron chi connectivity index (χ2n) is 7.15. The third kappa shape index (κ3) is 2.92. The van der Waals surface area contributed by atoms with E-state index in [2.05, 4.69) is 5.10 Å². The van der Waals surface area contributed by atoms with Gasteiger partial charge in [-0.1, -0.05) is 0 Å². The Morgan fingerprint density at radius 2 is 1.84 bits per heavy atom. The Hall–Kier alpha value is -2.30. The van der Waals surface area contributed by atoms with Gasteiger partial charge in [0.1, 0.15) is 5.75 Å². The van der Waals surface area contributed by atoms with Gasteiger partial charge in [0.25, 0.3) is 0 Å². The fourth-order valence-corrected chi connectivity index (χ4v) is 3.98. The normalized spacial score (nSPS) is 18.0. The van der Waals surface area contributed by atoms with Crippen LogP contribution >= 0.6 is 0 Å². The highest BCUT2D eigenvalue weighted by atomic mass is 16.4. The summed E-state index contributed by atoms with van der Waals surface area (Å²) in [5, 5.41) is 18.1. The van der Waals surface area contributed by atoms with Crippen molar-refractivity contribution in [2.75, 3.05) is 13.1 Å². The standard InChI is InChI=1S/C20H24N2O3/c1-13-11-16-14-7-3-4-8-15(14)20(24)25-19(16)17(18(13)23)12-21-22-9-5-2-6-10-22/h11-12,23H,2-10H2,1H3/b21-12+. The van der Waals surface area contributed by atoms with Gasteiger partial charge in [-0.15, -0.1) is 0 Å². The fourth-order valence-electron chi connectivity index (χ4n) is 3.98. The van der Waals surface area contributed by atoms with E-state index in [0.29, 0.717) is 11.1 Å².